The van der Waals surface area contributed by atoms with E-state index in [1.807, 2.05) is 159 Å². The summed E-state index contributed by atoms with van der Waals surface area (Å²) in [6, 6.07) is 50.0. The van der Waals surface area contributed by atoms with E-state index in [0.717, 1.165) is 47.1 Å². The van der Waals surface area contributed by atoms with Gasteiger partial charge in [-0.25, -0.2) is 0 Å². The normalized spacial score (nSPS) is 26.1. The lowest BCUT2D eigenvalue weighted by molar-refractivity contribution is -0.395. The third-order valence-electron chi connectivity index (χ3n) is 12.7. The Kier molecular flexibility index (Phi) is 20.8. The van der Waals surface area contributed by atoms with Gasteiger partial charge in [-0.2, -0.15) is 0 Å². The van der Waals surface area contributed by atoms with E-state index in [1.165, 1.54) is 19.3 Å². The molecule has 0 saturated carbocycles. The van der Waals surface area contributed by atoms with Crippen LogP contribution in [0.1, 0.15) is 86.6 Å². The molecule has 1 N–H and O–H groups in total. The van der Waals surface area contributed by atoms with Crippen LogP contribution in [0.15, 0.2) is 164 Å². The molecule has 5 aromatic carbocycles. The van der Waals surface area contributed by atoms with Gasteiger partial charge in [0, 0.05) is 6.61 Å². The van der Waals surface area contributed by atoms with Gasteiger partial charge in [0.15, 0.2) is 12.6 Å². The van der Waals surface area contributed by atoms with Crippen molar-refractivity contribution in [2.24, 2.45) is 0 Å². The Morgan fingerprint density at radius 1 is 0.515 bits per heavy atom. The highest BCUT2D eigenvalue weighted by Crippen LogP contribution is 2.41. The molecule has 10 atom stereocenters. The molecule has 0 aromatic heterocycles. The second-order valence-corrected chi connectivity index (χ2v) is 17.9. The summed E-state index contributed by atoms with van der Waals surface area (Å²) in [7, 11) is 0. The minimum absolute atomic E-state index is 0.0844. The van der Waals surface area contributed by atoms with Crippen molar-refractivity contribution in [3.05, 3.63) is 192 Å². The van der Waals surface area contributed by atoms with E-state index in [4.69, 9.17) is 42.6 Å². The zero-order chi connectivity index (χ0) is 47.2. The number of hydrogen-bond donors (Lipinski definition) is 1. The van der Waals surface area contributed by atoms with Gasteiger partial charge in [0.2, 0.25) is 0 Å². The standard InChI is InChI=1S/C58H72O10/c1-4-6-7-8-9-25-37-61-57-55(58(59,36-5-2)54(65-42-49-34-23-14-24-35-49)50(67-57)43-60-38-45-26-15-10-16-27-45)68-56-53(64-41-48-32-21-13-22-33-48)52(63-40-47-30-19-12-20-31-47)51(44(3)66-56)62-39-46-28-17-11-18-29-46/h5,10-24,26-35,44,50-57,59H,2,4,6-9,25,36-43H2,1,3H3/t44-,50+,51+,52+,53-,54-,55-,56-,57+,58-/m0/s1. The molecule has 0 radical (unpaired) electrons. The molecule has 10 heteroatoms. The first kappa shape index (κ1) is 51.3. The van der Waals surface area contributed by atoms with Crippen molar-refractivity contribution in [2.75, 3.05) is 13.2 Å². The van der Waals surface area contributed by atoms with Crippen LogP contribution in [0, 0.1) is 0 Å². The lowest BCUT2D eigenvalue weighted by Crippen LogP contribution is -2.71. The molecule has 0 unspecified atom stereocenters. The fourth-order valence-electron chi connectivity index (χ4n) is 9.02. The van der Waals surface area contributed by atoms with Crippen molar-refractivity contribution in [2.45, 2.75) is 153 Å². The summed E-state index contributed by atoms with van der Waals surface area (Å²) in [5.74, 6) is 0. The lowest BCUT2D eigenvalue weighted by Gasteiger charge is -2.53. The number of rotatable bonds is 28. The molecule has 2 aliphatic heterocycles. The molecular formula is C58H72O10. The largest absolute Gasteiger partial charge is 0.384 e. The number of hydrogen-bond acceptors (Lipinski definition) is 10. The summed E-state index contributed by atoms with van der Waals surface area (Å²) in [4.78, 5) is 0. The summed E-state index contributed by atoms with van der Waals surface area (Å²) in [5, 5.41) is 13.5. The van der Waals surface area contributed by atoms with Crippen molar-refractivity contribution in [1.29, 1.82) is 0 Å². The highest BCUT2D eigenvalue weighted by molar-refractivity contribution is 5.18. The smallest absolute Gasteiger partial charge is 0.187 e. The van der Waals surface area contributed by atoms with Crippen molar-refractivity contribution in [3.8, 4) is 0 Å². The van der Waals surface area contributed by atoms with Crippen LogP contribution >= 0.6 is 0 Å². The van der Waals surface area contributed by atoms with Gasteiger partial charge in [0.25, 0.3) is 0 Å². The topological polar surface area (TPSA) is 103 Å². The Morgan fingerprint density at radius 2 is 0.971 bits per heavy atom. The quantitative estimate of drug-likeness (QED) is 0.0385. The van der Waals surface area contributed by atoms with Crippen LogP contribution < -0.4 is 0 Å². The van der Waals surface area contributed by atoms with E-state index in [1.54, 1.807) is 6.08 Å². The molecule has 0 bridgehead atoms. The Labute approximate surface area is 404 Å². The molecule has 2 saturated heterocycles. The first-order chi connectivity index (χ1) is 33.4. The third kappa shape index (κ3) is 15.0. The first-order valence-electron chi connectivity index (χ1n) is 24.6. The third-order valence-corrected chi connectivity index (χ3v) is 12.7. The number of benzene rings is 5. The molecular weight excluding hydrogens is 857 g/mol. The van der Waals surface area contributed by atoms with E-state index in [9.17, 15) is 5.11 Å². The SMILES string of the molecule is C=CC[C@@]1(O)[C@@H](O[C@@H]2O[C@@H](C)[C@@H](OCc3ccccc3)[C@@H](OCc3ccccc3)[C@@H]2OCc2ccccc2)[C@H](OCCCCCCCC)O[C@H](COCc2ccccc2)[C@@H]1OCc1ccccc1. The highest BCUT2D eigenvalue weighted by Gasteiger charge is 2.60. The molecule has 7 rings (SSSR count). The van der Waals surface area contributed by atoms with Crippen LogP contribution in [0.5, 0.6) is 0 Å². The van der Waals surface area contributed by atoms with Gasteiger partial charge in [-0.1, -0.05) is 197 Å². The number of unbranched alkanes of at least 4 members (excludes halogenated alkanes) is 5. The Bertz CT molecular complexity index is 2110. The van der Waals surface area contributed by atoms with Gasteiger partial charge in [0.05, 0.1) is 45.7 Å². The van der Waals surface area contributed by atoms with Crippen LogP contribution in [0.2, 0.25) is 0 Å². The van der Waals surface area contributed by atoms with Gasteiger partial charge < -0.3 is 47.7 Å². The molecule has 0 spiro atoms. The second-order valence-electron chi connectivity index (χ2n) is 17.9. The maximum absolute atomic E-state index is 13.5. The summed E-state index contributed by atoms with van der Waals surface area (Å²) in [6.07, 6.45) is 0.629. The zero-order valence-corrected chi connectivity index (χ0v) is 39.9. The van der Waals surface area contributed by atoms with Crippen LogP contribution in [0.25, 0.3) is 0 Å². The molecule has 0 aliphatic carbocycles. The van der Waals surface area contributed by atoms with Crippen molar-refractivity contribution >= 4 is 0 Å². The van der Waals surface area contributed by atoms with E-state index >= 15 is 0 Å². The van der Waals surface area contributed by atoms with Gasteiger partial charge >= 0.3 is 0 Å². The summed E-state index contributed by atoms with van der Waals surface area (Å²) < 4.78 is 61.6. The number of aliphatic hydroxyl groups is 1. The van der Waals surface area contributed by atoms with E-state index in [2.05, 4.69) is 13.5 Å². The number of ether oxygens (including phenoxy) is 9. The Balaban J connectivity index is 1.23. The van der Waals surface area contributed by atoms with E-state index in [0.29, 0.717) is 26.4 Å². The van der Waals surface area contributed by atoms with Crippen LogP contribution in [0.3, 0.4) is 0 Å². The molecule has 10 nitrogen and oxygen atoms in total. The predicted octanol–water partition coefficient (Wildman–Crippen LogP) is 11.1. The summed E-state index contributed by atoms with van der Waals surface area (Å²) >= 11 is 0. The van der Waals surface area contributed by atoms with Gasteiger partial charge in [-0.05, 0) is 47.6 Å². The highest BCUT2D eigenvalue weighted by atomic mass is 16.8. The monoisotopic (exact) mass is 929 g/mol. The zero-order valence-electron chi connectivity index (χ0n) is 39.9. The van der Waals surface area contributed by atoms with Crippen LogP contribution in [-0.2, 0) is 75.7 Å². The van der Waals surface area contributed by atoms with Crippen molar-refractivity contribution in [1.82, 2.24) is 0 Å². The lowest BCUT2D eigenvalue weighted by atomic mass is 9.80. The summed E-state index contributed by atoms with van der Waals surface area (Å²) in [6.45, 7) is 10.2. The minimum Gasteiger partial charge on any atom is -0.384 e. The predicted molar refractivity (Wildman–Crippen MR) is 263 cm³/mol. The fraction of sp³-hybridized carbons (Fsp3) is 0.448. The minimum atomic E-state index is -1.75. The fourth-order valence-corrected chi connectivity index (χ4v) is 9.02. The molecule has 2 aliphatic rings. The summed E-state index contributed by atoms with van der Waals surface area (Å²) in [5.41, 5.74) is 3.18. The van der Waals surface area contributed by atoms with Gasteiger partial charge in [-0.3, -0.25) is 0 Å². The van der Waals surface area contributed by atoms with E-state index < -0.39 is 60.9 Å². The maximum Gasteiger partial charge on any atom is 0.187 e. The van der Waals surface area contributed by atoms with Crippen molar-refractivity contribution in [3.63, 3.8) is 0 Å². The molecule has 5 aromatic rings. The molecule has 2 heterocycles. The van der Waals surface area contributed by atoms with Gasteiger partial charge in [0.1, 0.15) is 42.2 Å². The maximum atomic E-state index is 13.5. The molecule has 364 valence electrons. The average Bonchev–Trinajstić information content (AvgIpc) is 3.37. The Morgan fingerprint density at radius 3 is 1.49 bits per heavy atom. The average molecular weight is 929 g/mol. The molecule has 2 fully saturated rings. The Hall–Kier alpha value is -4.56. The van der Waals surface area contributed by atoms with Crippen molar-refractivity contribution < 1.29 is 47.7 Å². The first-order valence-corrected chi connectivity index (χ1v) is 24.6. The van der Waals surface area contributed by atoms with Crippen LogP contribution in [-0.4, -0.2) is 79.2 Å². The molecule has 0 amide bonds. The van der Waals surface area contributed by atoms with Gasteiger partial charge in [-0.15, -0.1) is 6.58 Å². The van der Waals surface area contributed by atoms with E-state index in [-0.39, 0.29) is 26.2 Å². The molecule has 68 heavy (non-hydrogen) atoms. The van der Waals surface area contributed by atoms with Crippen LogP contribution in [0.4, 0.5) is 0 Å². The second kappa shape index (κ2) is 27.6.